The molecule has 0 spiro atoms. The number of halogens is 3. The minimum Gasteiger partial charge on any atom is -0.310 e. The van der Waals surface area contributed by atoms with Gasteiger partial charge in [-0.25, -0.2) is 4.98 Å². The molecule has 88 valence electrons. The maximum atomic E-state index is 12.2. The van der Waals surface area contributed by atoms with Gasteiger partial charge in [0, 0.05) is 24.2 Å². The molecule has 0 aliphatic heterocycles. The fourth-order valence-electron chi connectivity index (χ4n) is 1.06. The Labute approximate surface area is 94.9 Å². The molecule has 1 heterocycles. The van der Waals surface area contributed by atoms with E-state index < -0.39 is 18.6 Å². The number of nitrogens with zero attached hydrogens (tertiary/aromatic N) is 2. The highest BCUT2D eigenvalue weighted by molar-refractivity contribution is 7.11. The zero-order valence-corrected chi connectivity index (χ0v) is 9.32. The zero-order chi connectivity index (χ0) is 12.2. The lowest BCUT2D eigenvalue weighted by Gasteiger charge is -2.13. The number of aromatic nitrogens is 1. The first kappa shape index (κ1) is 12.9. The van der Waals surface area contributed by atoms with E-state index in [1.54, 1.807) is 6.20 Å². The summed E-state index contributed by atoms with van der Waals surface area (Å²) in [7, 11) is 0. The van der Waals surface area contributed by atoms with E-state index in [9.17, 15) is 13.2 Å². The number of hydrogen-bond donors (Lipinski definition) is 1. The van der Waals surface area contributed by atoms with Crippen LogP contribution in [0.15, 0.2) is 6.20 Å². The van der Waals surface area contributed by atoms with E-state index in [4.69, 9.17) is 5.26 Å². The molecule has 0 radical (unpaired) electrons. The van der Waals surface area contributed by atoms with Crippen LogP contribution in [0, 0.1) is 24.2 Å². The zero-order valence-electron chi connectivity index (χ0n) is 8.51. The first-order valence-corrected chi connectivity index (χ1v) is 5.33. The second-order valence-corrected chi connectivity index (χ2v) is 4.52. The van der Waals surface area contributed by atoms with Crippen molar-refractivity contribution >= 4 is 11.3 Å². The summed E-state index contributed by atoms with van der Waals surface area (Å²) in [5, 5.41) is 11.8. The van der Waals surface area contributed by atoms with E-state index in [-0.39, 0.29) is 0 Å². The molecule has 7 heteroatoms. The lowest BCUT2D eigenvalue weighted by molar-refractivity contribution is -0.157. The molecule has 0 fully saturated rings. The quantitative estimate of drug-likeness (QED) is 0.890. The summed E-state index contributed by atoms with van der Waals surface area (Å²) in [5.41, 5.74) is 0. The molecule has 1 aromatic rings. The van der Waals surface area contributed by atoms with Gasteiger partial charge in [-0.3, -0.25) is 0 Å². The van der Waals surface area contributed by atoms with Crippen LogP contribution in [-0.2, 0) is 6.54 Å². The third-order valence-corrected chi connectivity index (χ3v) is 2.78. The summed E-state index contributed by atoms with van der Waals surface area (Å²) in [6, 6.07) is 1.23. The van der Waals surface area contributed by atoms with Crippen molar-refractivity contribution in [1.82, 2.24) is 10.3 Å². The van der Waals surface area contributed by atoms with Gasteiger partial charge in [0.05, 0.1) is 11.1 Å². The summed E-state index contributed by atoms with van der Waals surface area (Å²) in [6.45, 7) is 1.73. The van der Waals surface area contributed by atoms with Crippen LogP contribution in [0.5, 0.6) is 0 Å². The van der Waals surface area contributed by atoms with E-state index in [2.05, 4.69) is 10.3 Å². The van der Waals surface area contributed by atoms with Gasteiger partial charge in [-0.1, -0.05) is 0 Å². The lowest BCUT2D eigenvalue weighted by atomic mass is 10.1. The van der Waals surface area contributed by atoms with Crippen molar-refractivity contribution in [2.45, 2.75) is 19.6 Å². The molecule has 0 aliphatic carbocycles. The predicted octanol–water partition coefficient (Wildman–Crippen LogP) is 2.24. The Morgan fingerprint density at radius 1 is 1.62 bits per heavy atom. The molecule has 0 saturated heterocycles. The van der Waals surface area contributed by atoms with Gasteiger partial charge >= 0.3 is 6.18 Å². The predicted molar refractivity (Wildman–Crippen MR) is 53.7 cm³/mol. The highest BCUT2D eigenvalue weighted by Crippen LogP contribution is 2.25. The van der Waals surface area contributed by atoms with E-state index >= 15 is 0 Å². The maximum Gasteiger partial charge on any atom is 0.405 e. The van der Waals surface area contributed by atoms with Crippen molar-refractivity contribution in [3.05, 3.63) is 16.1 Å². The molecular formula is C9H10F3N3S. The number of hydrogen-bond acceptors (Lipinski definition) is 4. The van der Waals surface area contributed by atoms with Gasteiger partial charge in [0.1, 0.15) is 0 Å². The summed E-state index contributed by atoms with van der Waals surface area (Å²) < 4.78 is 36.5. The molecule has 0 bridgehead atoms. The fourth-order valence-corrected chi connectivity index (χ4v) is 1.83. The Hall–Kier alpha value is -1.13. The molecule has 1 rings (SSSR count). The van der Waals surface area contributed by atoms with E-state index in [1.807, 2.05) is 6.92 Å². The van der Waals surface area contributed by atoms with E-state index in [0.717, 1.165) is 9.88 Å². The van der Waals surface area contributed by atoms with Crippen LogP contribution < -0.4 is 5.32 Å². The lowest BCUT2D eigenvalue weighted by Crippen LogP contribution is -2.32. The average molecular weight is 249 g/mol. The largest absolute Gasteiger partial charge is 0.405 e. The van der Waals surface area contributed by atoms with Crippen LogP contribution in [0.4, 0.5) is 13.2 Å². The number of aryl methyl sites for hydroxylation is 1. The van der Waals surface area contributed by atoms with Gasteiger partial charge in [0.15, 0.2) is 5.92 Å². The number of alkyl halides is 3. The van der Waals surface area contributed by atoms with Crippen molar-refractivity contribution in [2.24, 2.45) is 5.92 Å². The van der Waals surface area contributed by atoms with Crippen molar-refractivity contribution in [3.63, 3.8) is 0 Å². The summed E-state index contributed by atoms with van der Waals surface area (Å²) >= 11 is 1.42. The first-order chi connectivity index (χ1) is 7.43. The van der Waals surface area contributed by atoms with Crippen LogP contribution in [0.3, 0.4) is 0 Å². The molecule has 16 heavy (non-hydrogen) atoms. The van der Waals surface area contributed by atoms with Gasteiger partial charge in [-0.15, -0.1) is 11.3 Å². The van der Waals surface area contributed by atoms with Crippen molar-refractivity contribution in [1.29, 1.82) is 5.26 Å². The van der Waals surface area contributed by atoms with Crippen LogP contribution in [0.2, 0.25) is 0 Å². The molecule has 1 N–H and O–H groups in total. The number of nitrogens with one attached hydrogen (secondary N) is 1. The van der Waals surface area contributed by atoms with Gasteiger partial charge in [-0.2, -0.15) is 18.4 Å². The molecular weight excluding hydrogens is 239 g/mol. The van der Waals surface area contributed by atoms with Gasteiger partial charge in [0.25, 0.3) is 0 Å². The normalized spacial score (nSPS) is 13.4. The average Bonchev–Trinajstić information content (AvgIpc) is 2.57. The Morgan fingerprint density at radius 2 is 2.31 bits per heavy atom. The standard InChI is InChI=1S/C9H10F3N3S/c1-6-15-5-8(16-6)4-14-3-7(2-13)9(10,11)12/h5,7,14H,3-4H2,1H3. The Bertz CT molecular complexity index is 380. The Morgan fingerprint density at radius 3 is 2.75 bits per heavy atom. The third kappa shape index (κ3) is 3.79. The minimum absolute atomic E-state index is 0.305. The van der Waals surface area contributed by atoms with Crippen LogP contribution in [0.1, 0.15) is 9.88 Å². The van der Waals surface area contributed by atoms with Crippen LogP contribution in [0.25, 0.3) is 0 Å². The van der Waals surface area contributed by atoms with Gasteiger partial charge < -0.3 is 5.32 Å². The topological polar surface area (TPSA) is 48.7 Å². The Balaban J connectivity index is 2.38. The van der Waals surface area contributed by atoms with Crippen molar-refractivity contribution in [2.75, 3.05) is 6.54 Å². The van der Waals surface area contributed by atoms with Crippen molar-refractivity contribution < 1.29 is 13.2 Å². The molecule has 0 saturated carbocycles. The summed E-state index contributed by atoms with van der Waals surface area (Å²) in [6.07, 6.45) is -2.85. The highest BCUT2D eigenvalue weighted by Gasteiger charge is 2.39. The fraction of sp³-hybridized carbons (Fsp3) is 0.556. The van der Waals surface area contributed by atoms with Crippen LogP contribution >= 0.6 is 11.3 Å². The number of rotatable bonds is 4. The van der Waals surface area contributed by atoms with Gasteiger partial charge in [0.2, 0.25) is 0 Å². The first-order valence-electron chi connectivity index (χ1n) is 4.52. The van der Waals surface area contributed by atoms with Gasteiger partial charge in [-0.05, 0) is 6.92 Å². The highest BCUT2D eigenvalue weighted by atomic mass is 32.1. The molecule has 0 aromatic carbocycles. The molecule has 1 atom stereocenters. The van der Waals surface area contributed by atoms with Crippen molar-refractivity contribution in [3.8, 4) is 6.07 Å². The van der Waals surface area contributed by atoms with Crippen LogP contribution in [-0.4, -0.2) is 17.7 Å². The number of thiazole rings is 1. The third-order valence-electron chi connectivity index (χ3n) is 1.87. The summed E-state index contributed by atoms with van der Waals surface area (Å²) in [4.78, 5) is 4.83. The smallest absolute Gasteiger partial charge is 0.310 e. The van der Waals surface area contributed by atoms with E-state index in [1.165, 1.54) is 17.4 Å². The Kier molecular flexibility index (Phi) is 4.26. The molecule has 3 nitrogen and oxygen atoms in total. The maximum absolute atomic E-state index is 12.2. The number of nitriles is 1. The molecule has 1 unspecified atom stereocenters. The monoisotopic (exact) mass is 249 g/mol. The SMILES string of the molecule is Cc1ncc(CNCC(C#N)C(F)(F)F)s1. The minimum atomic E-state index is -4.47. The second kappa shape index (κ2) is 5.27. The molecule has 0 amide bonds. The van der Waals surface area contributed by atoms with E-state index in [0.29, 0.717) is 6.54 Å². The second-order valence-electron chi connectivity index (χ2n) is 3.20. The molecule has 0 aliphatic rings. The summed E-state index contributed by atoms with van der Waals surface area (Å²) in [5.74, 6) is -1.96. The molecule has 1 aromatic heterocycles.